The molecule has 0 saturated carbocycles. The third kappa shape index (κ3) is 2.47. The number of alkyl halides is 1. The quantitative estimate of drug-likeness (QED) is 0.771. The molecule has 19 heavy (non-hydrogen) atoms. The van der Waals surface area contributed by atoms with Crippen LogP contribution < -0.4 is 0 Å². The standard InChI is InChI=1S/C14H16Cl2N2O/c1-9(15)14-17-12-7-10(16)4-5-13(12)18(14)11-3-2-6-19-8-11/h4-5,7,9,11H,2-3,6,8H2,1H3. The van der Waals surface area contributed by atoms with Crippen molar-refractivity contribution in [3.8, 4) is 0 Å². The number of hydrogen-bond acceptors (Lipinski definition) is 2. The van der Waals surface area contributed by atoms with Gasteiger partial charge in [0.05, 0.1) is 29.1 Å². The van der Waals surface area contributed by atoms with Gasteiger partial charge in [0.2, 0.25) is 0 Å². The summed E-state index contributed by atoms with van der Waals surface area (Å²) in [6, 6.07) is 6.12. The Kier molecular flexibility index (Phi) is 3.70. The van der Waals surface area contributed by atoms with Crippen LogP contribution in [0.5, 0.6) is 0 Å². The summed E-state index contributed by atoms with van der Waals surface area (Å²) in [6.45, 7) is 3.52. The van der Waals surface area contributed by atoms with E-state index < -0.39 is 0 Å². The maximum atomic E-state index is 6.28. The second-order valence-corrected chi connectivity index (χ2v) is 6.05. The summed E-state index contributed by atoms with van der Waals surface area (Å²) in [6.07, 6.45) is 2.18. The summed E-state index contributed by atoms with van der Waals surface area (Å²) >= 11 is 12.3. The Morgan fingerprint density at radius 3 is 3.00 bits per heavy atom. The van der Waals surface area contributed by atoms with Crippen molar-refractivity contribution in [2.24, 2.45) is 0 Å². The molecule has 1 aromatic carbocycles. The van der Waals surface area contributed by atoms with Crippen molar-refractivity contribution >= 4 is 34.2 Å². The van der Waals surface area contributed by atoms with Crippen LogP contribution in [-0.2, 0) is 4.74 Å². The number of rotatable bonds is 2. The van der Waals surface area contributed by atoms with E-state index >= 15 is 0 Å². The third-order valence-electron chi connectivity index (χ3n) is 3.54. The van der Waals surface area contributed by atoms with Gasteiger partial charge >= 0.3 is 0 Å². The Bertz CT molecular complexity index is 588. The predicted molar refractivity (Wildman–Crippen MR) is 78.1 cm³/mol. The van der Waals surface area contributed by atoms with Gasteiger partial charge in [0.1, 0.15) is 5.82 Å². The lowest BCUT2D eigenvalue weighted by Crippen LogP contribution is -2.23. The van der Waals surface area contributed by atoms with Crippen LogP contribution in [0, 0.1) is 0 Å². The fourth-order valence-electron chi connectivity index (χ4n) is 2.68. The van der Waals surface area contributed by atoms with E-state index in [2.05, 4.69) is 9.55 Å². The average molecular weight is 299 g/mol. The normalized spacial score (nSPS) is 21.7. The van der Waals surface area contributed by atoms with Crippen molar-refractivity contribution < 1.29 is 4.74 Å². The second kappa shape index (κ2) is 5.31. The molecular formula is C14H16Cl2N2O. The smallest absolute Gasteiger partial charge is 0.128 e. The maximum absolute atomic E-state index is 6.28. The van der Waals surface area contributed by atoms with E-state index in [1.54, 1.807) is 0 Å². The molecule has 2 heterocycles. The molecule has 0 radical (unpaired) electrons. The summed E-state index contributed by atoms with van der Waals surface area (Å²) in [5.74, 6) is 0.898. The molecule has 0 amide bonds. The lowest BCUT2D eigenvalue weighted by atomic mass is 10.1. The summed E-state index contributed by atoms with van der Waals surface area (Å²) < 4.78 is 7.82. The molecule has 0 spiro atoms. The average Bonchev–Trinajstić information content (AvgIpc) is 2.78. The number of ether oxygens (including phenoxy) is 1. The van der Waals surface area contributed by atoms with Crippen molar-refractivity contribution in [1.82, 2.24) is 9.55 Å². The Morgan fingerprint density at radius 1 is 1.47 bits per heavy atom. The third-order valence-corrected chi connectivity index (χ3v) is 3.97. The molecule has 1 fully saturated rings. The molecule has 1 aliphatic heterocycles. The minimum absolute atomic E-state index is 0.131. The molecule has 3 nitrogen and oxygen atoms in total. The minimum Gasteiger partial charge on any atom is -0.379 e. The van der Waals surface area contributed by atoms with Crippen molar-refractivity contribution in [2.75, 3.05) is 13.2 Å². The zero-order chi connectivity index (χ0) is 13.4. The van der Waals surface area contributed by atoms with E-state index in [0.717, 1.165) is 42.9 Å². The van der Waals surface area contributed by atoms with Crippen LogP contribution in [-0.4, -0.2) is 22.8 Å². The maximum Gasteiger partial charge on any atom is 0.128 e. The van der Waals surface area contributed by atoms with Gasteiger partial charge in [-0.15, -0.1) is 11.6 Å². The van der Waals surface area contributed by atoms with E-state index in [-0.39, 0.29) is 5.38 Å². The van der Waals surface area contributed by atoms with E-state index in [4.69, 9.17) is 27.9 Å². The molecule has 0 aliphatic carbocycles. The number of aromatic nitrogens is 2. The first-order valence-electron chi connectivity index (χ1n) is 6.56. The molecule has 1 aliphatic rings. The van der Waals surface area contributed by atoms with Crippen LogP contribution >= 0.6 is 23.2 Å². The Morgan fingerprint density at radius 2 is 2.32 bits per heavy atom. The first kappa shape index (κ1) is 13.2. The van der Waals surface area contributed by atoms with Gasteiger partial charge in [-0.3, -0.25) is 0 Å². The molecule has 2 atom stereocenters. The second-order valence-electron chi connectivity index (χ2n) is 4.96. The van der Waals surface area contributed by atoms with Crippen molar-refractivity contribution in [1.29, 1.82) is 0 Å². The van der Waals surface area contributed by atoms with E-state index in [1.807, 2.05) is 25.1 Å². The number of nitrogens with zero attached hydrogens (tertiary/aromatic N) is 2. The summed E-state index contributed by atoms with van der Waals surface area (Å²) in [7, 11) is 0. The SMILES string of the molecule is CC(Cl)c1nc2cc(Cl)ccc2n1C1CCCOC1. The fourth-order valence-corrected chi connectivity index (χ4v) is 3.00. The van der Waals surface area contributed by atoms with Crippen LogP contribution in [0.15, 0.2) is 18.2 Å². The predicted octanol–water partition coefficient (Wildman–Crippen LogP) is 4.34. The van der Waals surface area contributed by atoms with Crippen LogP contribution in [0.1, 0.15) is 37.0 Å². The minimum atomic E-state index is -0.131. The van der Waals surface area contributed by atoms with Gasteiger partial charge in [-0.05, 0) is 38.0 Å². The zero-order valence-electron chi connectivity index (χ0n) is 10.8. The van der Waals surface area contributed by atoms with Gasteiger partial charge in [0.15, 0.2) is 0 Å². The molecule has 0 bridgehead atoms. The molecular weight excluding hydrogens is 283 g/mol. The van der Waals surface area contributed by atoms with Crippen LogP contribution in [0.25, 0.3) is 11.0 Å². The van der Waals surface area contributed by atoms with Crippen molar-refractivity contribution in [3.05, 3.63) is 29.0 Å². The number of imidazole rings is 1. The van der Waals surface area contributed by atoms with Gasteiger partial charge < -0.3 is 9.30 Å². The molecule has 5 heteroatoms. The Balaban J connectivity index is 2.15. The van der Waals surface area contributed by atoms with Crippen molar-refractivity contribution in [2.45, 2.75) is 31.2 Å². The van der Waals surface area contributed by atoms with Gasteiger partial charge in [-0.25, -0.2) is 4.98 Å². The zero-order valence-corrected chi connectivity index (χ0v) is 12.3. The molecule has 1 aromatic heterocycles. The van der Waals surface area contributed by atoms with Crippen molar-refractivity contribution in [3.63, 3.8) is 0 Å². The molecule has 0 N–H and O–H groups in total. The number of benzene rings is 1. The molecule has 3 rings (SSSR count). The van der Waals surface area contributed by atoms with E-state index in [9.17, 15) is 0 Å². The molecule has 102 valence electrons. The summed E-state index contributed by atoms with van der Waals surface area (Å²) in [5, 5.41) is 0.568. The monoisotopic (exact) mass is 298 g/mol. The number of hydrogen-bond donors (Lipinski definition) is 0. The number of fused-ring (bicyclic) bond motifs is 1. The number of halogens is 2. The van der Waals surface area contributed by atoms with Gasteiger partial charge in [0, 0.05) is 11.6 Å². The first-order chi connectivity index (χ1) is 9.16. The first-order valence-corrected chi connectivity index (χ1v) is 7.37. The topological polar surface area (TPSA) is 27.1 Å². The highest BCUT2D eigenvalue weighted by atomic mass is 35.5. The van der Waals surface area contributed by atoms with Crippen LogP contribution in [0.3, 0.4) is 0 Å². The Hall–Kier alpha value is -0.770. The highest BCUT2D eigenvalue weighted by Gasteiger charge is 2.23. The molecule has 2 unspecified atom stereocenters. The van der Waals surface area contributed by atoms with Gasteiger partial charge in [-0.1, -0.05) is 11.6 Å². The van der Waals surface area contributed by atoms with Crippen LogP contribution in [0.4, 0.5) is 0 Å². The highest BCUT2D eigenvalue weighted by molar-refractivity contribution is 6.31. The molecule has 1 saturated heterocycles. The fraction of sp³-hybridized carbons (Fsp3) is 0.500. The van der Waals surface area contributed by atoms with Gasteiger partial charge in [0.25, 0.3) is 0 Å². The van der Waals surface area contributed by atoms with E-state index in [1.165, 1.54) is 0 Å². The summed E-state index contributed by atoms with van der Waals surface area (Å²) in [4.78, 5) is 4.64. The molecule has 2 aromatic rings. The summed E-state index contributed by atoms with van der Waals surface area (Å²) in [5.41, 5.74) is 1.99. The largest absolute Gasteiger partial charge is 0.379 e. The lowest BCUT2D eigenvalue weighted by molar-refractivity contribution is 0.0595. The van der Waals surface area contributed by atoms with Gasteiger partial charge in [-0.2, -0.15) is 0 Å². The lowest BCUT2D eigenvalue weighted by Gasteiger charge is -2.26. The Labute approximate surface area is 122 Å². The van der Waals surface area contributed by atoms with Crippen LogP contribution in [0.2, 0.25) is 5.02 Å². The highest BCUT2D eigenvalue weighted by Crippen LogP contribution is 2.32. The van der Waals surface area contributed by atoms with E-state index in [0.29, 0.717) is 11.1 Å².